The molecule has 2 aromatic carbocycles. The first-order chi connectivity index (χ1) is 10.5. The van der Waals surface area contributed by atoms with Gasteiger partial charge in [-0.2, -0.15) is 0 Å². The number of methoxy groups -OCH3 is 1. The molecule has 114 valence electrons. The Morgan fingerprint density at radius 1 is 1.09 bits per heavy atom. The molecule has 0 aliphatic heterocycles. The maximum absolute atomic E-state index is 11.3. The van der Waals surface area contributed by atoms with Crippen molar-refractivity contribution in [2.45, 2.75) is 0 Å². The van der Waals surface area contributed by atoms with Gasteiger partial charge in [0.2, 0.25) is 0 Å². The molecule has 2 rings (SSSR count). The van der Waals surface area contributed by atoms with E-state index in [2.05, 4.69) is 15.4 Å². The molecular formula is C15H12Cl2N2O2S. The van der Waals surface area contributed by atoms with E-state index in [1.807, 2.05) is 0 Å². The molecule has 22 heavy (non-hydrogen) atoms. The van der Waals surface area contributed by atoms with Crippen molar-refractivity contribution in [2.75, 3.05) is 17.7 Å². The molecule has 0 fully saturated rings. The van der Waals surface area contributed by atoms with Gasteiger partial charge in [-0.25, -0.2) is 4.79 Å². The molecule has 4 nitrogen and oxygen atoms in total. The second-order valence-electron chi connectivity index (χ2n) is 4.27. The molecule has 0 bridgehead atoms. The minimum absolute atomic E-state index is 0.356. The van der Waals surface area contributed by atoms with Crippen molar-refractivity contribution in [2.24, 2.45) is 0 Å². The summed E-state index contributed by atoms with van der Waals surface area (Å²) in [5.74, 6) is -0.391. The molecule has 0 heterocycles. The lowest BCUT2D eigenvalue weighted by Gasteiger charge is -2.12. The first-order valence-electron chi connectivity index (χ1n) is 6.21. The Bertz CT molecular complexity index is 705. The molecule has 0 spiro atoms. The highest BCUT2D eigenvalue weighted by atomic mass is 35.5. The second-order valence-corrected chi connectivity index (χ2v) is 5.52. The van der Waals surface area contributed by atoms with E-state index in [0.717, 1.165) is 5.69 Å². The lowest BCUT2D eigenvalue weighted by atomic mass is 10.2. The summed E-state index contributed by atoms with van der Waals surface area (Å²) < 4.78 is 4.64. The molecule has 0 radical (unpaired) electrons. The highest BCUT2D eigenvalue weighted by molar-refractivity contribution is 7.80. The lowest BCUT2D eigenvalue weighted by Crippen LogP contribution is -2.19. The largest absolute Gasteiger partial charge is 0.465 e. The summed E-state index contributed by atoms with van der Waals surface area (Å²) >= 11 is 17.2. The average molecular weight is 355 g/mol. The fourth-order valence-corrected chi connectivity index (χ4v) is 2.25. The van der Waals surface area contributed by atoms with E-state index in [1.165, 1.54) is 7.11 Å². The van der Waals surface area contributed by atoms with Gasteiger partial charge in [0.05, 0.1) is 23.4 Å². The SMILES string of the molecule is COC(=O)c1ccc(NC(=S)Nc2cc(Cl)ccc2Cl)cc1. The Kier molecular flexibility index (Phi) is 5.60. The number of anilines is 2. The summed E-state index contributed by atoms with van der Waals surface area (Å²) in [6.07, 6.45) is 0. The first-order valence-corrected chi connectivity index (χ1v) is 7.37. The predicted octanol–water partition coefficient (Wildman–Crippen LogP) is 4.59. The van der Waals surface area contributed by atoms with Crippen LogP contribution in [0.25, 0.3) is 0 Å². The number of nitrogens with one attached hydrogen (secondary N) is 2. The predicted molar refractivity (Wildman–Crippen MR) is 94.1 cm³/mol. The minimum Gasteiger partial charge on any atom is -0.465 e. The smallest absolute Gasteiger partial charge is 0.337 e. The van der Waals surface area contributed by atoms with E-state index in [0.29, 0.717) is 26.4 Å². The monoisotopic (exact) mass is 354 g/mol. The molecule has 0 unspecified atom stereocenters. The Morgan fingerprint density at radius 2 is 1.77 bits per heavy atom. The van der Waals surface area contributed by atoms with Crippen molar-refractivity contribution >= 4 is 57.9 Å². The number of carbonyl (C=O) groups excluding carboxylic acids is 1. The first kappa shape index (κ1) is 16.5. The summed E-state index contributed by atoms with van der Waals surface area (Å²) in [6.45, 7) is 0. The number of benzene rings is 2. The quantitative estimate of drug-likeness (QED) is 0.623. The highest BCUT2D eigenvalue weighted by Gasteiger charge is 2.06. The third kappa shape index (κ3) is 4.34. The van der Waals surface area contributed by atoms with Crippen LogP contribution >= 0.6 is 35.4 Å². The van der Waals surface area contributed by atoms with Crippen LogP contribution in [-0.2, 0) is 4.74 Å². The topological polar surface area (TPSA) is 50.4 Å². The van der Waals surface area contributed by atoms with Crippen LogP contribution in [0.5, 0.6) is 0 Å². The molecule has 0 saturated heterocycles. The summed E-state index contributed by atoms with van der Waals surface area (Å²) in [5, 5.41) is 7.37. The van der Waals surface area contributed by atoms with Crippen LogP contribution in [0.1, 0.15) is 10.4 Å². The Morgan fingerprint density at radius 3 is 2.41 bits per heavy atom. The zero-order chi connectivity index (χ0) is 16.1. The number of halogens is 2. The molecule has 0 aliphatic carbocycles. The number of thiocarbonyl (C=S) groups is 1. The minimum atomic E-state index is -0.391. The molecule has 0 aliphatic rings. The van der Waals surface area contributed by atoms with Gasteiger partial charge in [0.1, 0.15) is 0 Å². The summed E-state index contributed by atoms with van der Waals surface area (Å²) in [5.41, 5.74) is 1.80. The maximum atomic E-state index is 11.3. The molecule has 2 N–H and O–H groups in total. The van der Waals surface area contributed by atoms with Gasteiger partial charge in [-0.3, -0.25) is 0 Å². The summed E-state index contributed by atoms with van der Waals surface area (Å²) in [4.78, 5) is 11.3. The molecule has 0 amide bonds. The number of rotatable bonds is 3. The van der Waals surface area contributed by atoms with Gasteiger partial charge in [0, 0.05) is 10.7 Å². The number of esters is 1. The summed E-state index contributed by atoms with van der Waals surface area (Å²) in [7, 11) is 1.34. The van der Waals surface area contributed by atoms with Crippen LogP contribution in [0.2, 0.25) is 10.0 Å². The number of hydrogen-bond acceptors (Lipinski definition) is 3. The van der Waals surface area contributed by atoms with Gasteiger partial charge in [0.25, 0.3) is 0 Å². The number of ether oxygens (including phenoxy) is 1. The van der Waals surface area contributed by atoms with Crippen LogP contribution in [0.4, 0.5) is 11.4 Å². The molecule has 0 saturated carbocycles. The van der Waals surface area contributed by atoms with E-state index in [-0.39, 0.29) is 0 Å². The summed E-state index contributed by atoms with van der Waals surface area (Å²) in [6, 6.07) is 11.8. The second kappa shape index (κ2) is 7.45. The van der Waals surface area contributed by atoms with E-state index < -0.39 is 5.97 Å². The van der Waals surface area contributed by atoms with Crippen molar-refractivity contribution in [3.8, 4) is 0 Å². The Hall–Kier alpha value is -1.82. The molecule has 2 aromatic rings. The van der Waals surface area contributed by atoms with Crippen molar-refractivity contribution < 1.29 is 9.53 Å². The standard InChI is InChI=1S/C15H12Cl2N2O2S/c1-21-14(20)9-2-5-11(6-3-9)18-15(22)19-13-8-10(16)4-7-12(13)17/h2-8H,1H3,(H2,18,19,22). The van der Waals surface area contributed by atoms with Crippen LogP contribution in [0.3, 0.4) is 0 Å². The number of carbonyl (C=O) groups is 1. The fraction of sp³-hybridized carbons (Fsp3) is 0.0667. The lowest BCUT2D eigenvalue weighted by molar-refractivity contribution is 0.0601. The molecule has 0 aromatic heterocycles. The van der Waals surface area contributed by atoms with E-state index >= 15 is 0 Å². The Labute approximate surface area is 143 Å². The third-order valence-electron chi connectivity index (χ3n) is 2.74. The maximum Gasteiger partial charge on any atom is 0.337 e. The molecular weight excluding hydrogens is 343 g/mol. The Balaban J connectivity index is 2.03. The average Bonchev–Trinajstić information content (AvgIpc) is 2.51. The zero-order valence-corrected chi connectivity index (χ0v) is 13.9. The van der Waals surface area contributed by atoms with Crippen LogP contribution in [0.15, 0.2) is 42.5 Å². The van der Waals surface area contributed by atoms with Gasteiger partial charge < -0.3 is 15.4 Å². The number of hydrogen-bond donors (Lipinski definition) is 2. The molecule has 0 atom stereocenters. The van der Waals surface area contributed by atoms with E-state index in [1.54, 1.807) is 42.5 Å². The fourth-order valence-electron chi connectivity index (χ4n) is 1.69. The van der Waals surface area contributed by atoms with Crippen molar-refractivity contribution in [3.05, 3.63) is 58.1 Å². The van der Waals surface area contributed by atoms with Crippen molar-refractivity contribution in [1.29, 1.82) is 0 Å². The van der Waals surface area contributed by atoms with Crippen LogP contribution in [0, 0.1) is 0 Å². The zero-order valence-electron chi connectivity index (χ0n) is 11.5. The van der Waals surface area contributed by atoms with Crippen LogP contribution in [-0.4, -0.2) is 18.2 Å². The normalized spacial score (nSPS) is 9.95. The highest BCUT2D eigenvalue weighted by Crippen LogP contribution is 2.25. The van der Waals surface area contributed by atoms with Crippen LogP contribution < -0.4 is 10.6 Å². The van der Waals surface area contributed by atoms with Gasteiger partial charge in [0.15, 0.2) is 5.11 Å². The van der Waals surface area contributed by atoms with E-state index in [4.69, 9.17) is 35.4 Å². The van der Waals surface area contributed by atoms with Crippen molar-refractivity contribution in [1.82, 2.24) is 0 Å². The van der Waals surface area contributed by atoms with Gasteiger partial charge in [-0.05, 0) is 54.7 Å². The van der Waals surface area contributed by atoms with E-state index in [9.17, 15) is 4.79 Å². The van der Waals surface area contributed by atoms with Gasteiger partial charge >= 0.3 is 5.97 Å². The van der Waals surface area contributed by atoms with Crippen molar-refractivity contribution in [3.63, 3.8) is 0 Å². The molecule has 7 heteroatoms. The van der Waals surface area contributed by atoms with Gasteiger partial charge in [-0.15, -0.1) is 0 Å². The van der Waals surface area contributed by atoms with Gasteiger partial charge in [-0.1, -0.05) is 23.2 Å². The third-order valence-corrected chi connectivity index (χ3v) is 3.51.